The molecule has 0 atom stereocenters. The van der Waals surface area contributed by atoms with Crippen molar-refractivity contribution in [3.63, 3.8) is 0 Å². The number of carbonyl (C=O) groups excluding carboxylic acids is 1. The largest absolute Gasteiger partial charge is 0.508 e. The highest BCUT2D eigenvalue weighted by molar-refractivity contribution is 6.03. The lowest BCUT2D eigenvalue weighted by Gasteiger charge is -2.15. The van der Waals surface area contributed by atoms with Gasteiger partial charge in [-0.25, -0.2) is 0 Å². The fraction of sp³-hybridized carbons (Fsp3) is 0.333. The number of nitrogens with zero attached hydrogens (tertiary/aromatic N) is 2. The molecule has 2 rings (SSSR count). The predicted molar refractivity (Wildman–Crippen MR) is 78.4 cm³/mol. The number of benzene rings is 1. The number of alkyl halides is 2. The molecule has 1 heterocycles. The van der Waals surface area contributed by atoms with Crippen molar-refractivity contribution in [2.24, 2.45) is 0 Å². The van der Waals surface area contributed by atoms with Crippen LogP contribution < -0.4 is 5.32 Å². The zero-order chi connectivity index (χ0) is 16.4. The lowest BCUT2D eigenvalue weighted by molar-refractivity contribution is 0.0520. The van der Waals surface area contributed by atoms with Gasteiger partial charge in [-0.05, 0) is 42.2 Å². The van der Waals surface area contributed by atoms with E-state index in [1.165, 1.54) is 12.1 Å². The van der Waals surface area contributed by atoms with Crippen LogP contribution in [0.25, 0.3) is 0 Å². The van der Waals surface area contributed by atoms with E-state index in [1.807, 2.05) is 13.8 Å². The number of phenolic OH excluding ortho intramolecular Hbond substituents is 1. The number of carbonyl (C=O) groups is 1. The van der Waals surface area contributed by atoms with Crippen LogP contribution in [0.3, 0.4) is 0 Å². The van der Waals surface area contributed by atoms with E-state index < -0.39 is 12.5 Å². The number of amides is 1. The molecule has 1 amide bonds. The molecule has 0 saturated heterocycles. The standard InChI is InChI=1S/C15H17F2N3O2/c1-8(2)10-7-11(9(3)6-13(10)21)19-14(22)12-4-5-18-20(12)15(16)17/h4-8,15,21H,1-3H3,(H,19,22). The van der Waals surface area contributed by atoms with Crippen LogP contribution in [-0.2, 0) is 0 Å². The van der Waals surface area contributed by atoms with Crippen LogP contribution in [0.1, 0.15) is 47.9 Å². The van der Waals surface area contributed by atoms with Gasteiger partial charge in [0.15, 0.2) is 0 Å². The van der Waals surface area contributed by atoms with Crippen LogP contribution in [0.5, 0.6) is 5.75 Å². The first kappa shape index (κ1) is 15.9. The average molecular weight is 309 g/mol. The van der Waals surface area contributed by atoms with Crippen LogP contribution in [0, 0.1) is 6.92 Å². The van der Waals surface area contributed by atoms with Crippen molar-refractivity contribution in [1.29, 1.82) is 0 Å². The fourth-order valence-corrected chi connectivity index (χ4v) is 2.14. The van der Waals surface area contributed by atoms with Gasteiger partial charge < -0.3 is 10.4 Å². The van der Waals surface area contributed by atoms with Crippen LogP contribution in [-0.4, -0.2) is 20.8 Å². The van der Waals surface area contributed by atoms with E-state index >= 15 is 0 Å². The number of nitrogens with one attached hydrogen (secondary N) is 1. The Labute approximate surface area is 126 Å². The second kappa shape index (κ2) is 6.13. The van der Waals surface area contributed by atoms with Crippen molar-refractivity contribution in [2.45, 2.75) is 33.2 Å². The van der Waals surface area contributed by atoms with Crippen LogP contribution >= 0.6 is 0 Å². The monoisotopic (exact) mass is 309 g/mol. The molecule has 0 bridgehead atoms. The molecule has 2 aromatic rings. The Morgan fingerprint density at radius 3 is 2.64 bits per heavy atom. The van der Waals surface area contributed by atoms with E-state index in [9.17, 15) is 18.7 Å². The molecule has 5 nitrogen and oxygen atoms in total. The molecule has 0 fully saturated rings. The summed E-state index contributed by atoms with van der Waals surface area (Å²) in [4.78, 5) is 12.2. The van der Waals surface area contributed by atoms with E-state index in [4.69, 9.17) is 0 Å². The van der Waals surface area contributed by atoms with Gasteiger partial charge in [-0.15, -0.1) is 0 Å². The van der Waals surface area contributed by atoms with Crippen LogP contribution in [0.15, 0.2) is 24.4 Å². The number of hydrogen-bond acceptors (Lipinski definition) is 3. The number of phenols is 1. The van der Waals surface area contributed by atoms with Crippen LogP contribution in [0.2, 0.25) is 0 Å². The number of anilines is 1. The molecule has 0 unspecified atom stereocenters. The topological polar surface area (TPSA) is 67.2 Å². The van der Waals surface area contributed by atoms with Gasteiger partial charge in [-0.1, -0.05) is 13.8 Å². The molecule has 1 aromatic heterocycles. The van der Waals surface area contributed by atoms with Gasteiger partial charge in [-0.3, -0.25) is 4.79 Å². The van der Waals surface area contributed by atoms with Crippen molar-refractivity contribution in [2.75, 3.05) is 5.32 Å². The molecule has 22 heavy (non-hydrogen) atoms. The van der Waals surface area contributed by atoms with Gasteiger partial charge in [0.1, 0.15) is 11.4 Å². The molecule has 0 aliphatic carbocycles. The van der Waals surface area contributed by atoms with Crippen LogP contribution in [0.4, 0.5) is 14.5 Å². The Bertz CT molecular complexity index is 696. The average Bonchev–Trinajstić information content (AvgIpc) is 2.90. The van der Waals surface area contributed by atoms with Crippen molar-refractivity contribution < 1.29 is 18.7 Å². The summed E-state index contributed by atoms with van der Waals surface area (Å²) in [5.74, 6) is -0.479. The first-order chi connectivity index (χ1) is 10.3. The maximum Gasteiger partial charge on any atom is 0.333 e. The zero-order valence-corrected chi connectivity index (χ0v) is 12.5. The first-order valence-corrected chi connectivity index (χ1v) is 6.77. The third-order valence-electron chi connectivity index (χ3n) is 3.33. The van der Waals surface area contributed by atoms with Crippen molar-refractivity contribution >= 4 is 11.6 Å². The molecular formula is C15H17F2N3O2. The van der Waals surface area contributed by atoms with Gasteiger partial charge >= 0.3 is 6.55 Å². The van der Waals surface area contributed by atoms with Crippen molar-refractivity contribution in [3.05, 3.63) is 41.2 Å². The van der Waals surface area contributed by atoms with Gasteiger partial charge in [-0.2, -0.15) is 18.6 Å². The fourth-order valence-electron chi connectivity index (χ4n) is 2.14. The third-order valence-corrected chi connectivity index (χ3v) is 3.33. The van der Waals surface area contributed by atoms with Crippen molar-refractivity contribution in [1.82, 2.24) is 9.78 Å². The molecule has 0 aliphatic heterocycles. The lowest BCUT2D eigenvalue weighted by Crippen LogP contribution is -2.19. The molecule has 2 N–H and O–H groups in total. The quantitative estimate of drug-likeness (QED) is 0.847. The van der Waals surface area contributed by atoms with Gasteiger partial charge in [0.05, 0.1) is 0 Å². The molecule has 7 heteroatoms. The minimum Gasteiger partial charge on any atom is -0.508 e. The van der Waals surface area contributed by atoms with E-state index in [-0.39, 0.29) is 17.4 Å². The highest BCUT2D eigenvalue weighted by Crippen LogP contribution is 2.31. The summed E-state index contributed by atoms with van der Waals surface area (Å²) in [6.07, 6.45) is 1.14. The van der Waals surface area contributed by atoms with Gasteiger partial charge in [0.25, 0.3) is 5.91 Å². The molecule has 0 radical (unpaired) electrons. The van der Waals surface area contributed by atoms with Gasteiger partial charge in [0.2, 0.25) is 0 Å². The summed E-state index contributed by atoms with van der Waals surface area (Å²) >= 11 is 0. The summed E-state index contributed by atoms with van der Waals surface area (Å²) < 4.78 is 25.9. The lowest BCUT2D eigenvalue weighted by atomic mass is 9.99. The first-order valence-electron chi connectivity index (χ1n) is 6.77. The molecule has 0 aliphatic rings. The number of rotatable bonds is 4. The third kappa shape index (κ3) is 3.08. The Morgan fingerprint density at radius 2 is 2.05 bits per heavy atom. The van der Waals surface area contributed by atoms with E-state index in [1.54, 1.807) is 13.0 Å². The summed E-state index contributed by atoms with van der Waals surface area (Å²) in [6.45, 7) is 2.64. The van der Waals surface area contributed by atoms with E-state index in [2.05, 4.69) is 10.4 Å². The normalized spacial score (nSPS) is 11.2. The number of halogens is 2. The Balaban J connectivity index is 2.32. The molecule has 1 aromatic carbocycles. The van der Waals surface area contributed by atoms with E-state index in [0.717, 1.165) is 6.20 Å². The van der Waals surface area contributed by atoms with E-state index in [0.29, 0.717) is 21.5 Å². The highest BCUT2D eigenvalue weighted by atomic mass is 19.3. The highest BCUT2D eigenvalue weighted by Gasteiger charge is 2.19. The minimum absolute atomic E-state index is 0.0582. The minimum atomic E-state index is -2.89. The van der Waals surface area contributed by atoms with Gasteiger partial charge in [0, 0.05) is 11.9 Å². The Hall–Kier alpha value is -2.44. The number of aromatic hydroxyl groups is 1. The molecule has 0 spiro atoms. The molecule has 0 saturated carbocycles. The summed E-state index contributed by atoms with van der Waals surface area (Å²) in [5, 5.41) is 15.9. The Morgan fingerprint density at radius 1 is 1.36 bits per heavy atom. The number of aromatic nitrogens is 2. The maximum atomic E-state index is 12.7. The van der Waals surface area contributed by atoms with Crippen molar-refractivity contribution in [3.8, 4) is 5.75 Å². The SMILES string of the molecule is Cc1cc(O)c(C(C)C)cc1NC(=O)c1ccnn1C(F)F. The summed E-state index contributed by atoms with van der Waals surface area (Å²) in [7, 11) is 0. The summed E-state index contributed by atoms with van der Waals surface area (Å²) in [5.41, 5.74) is 1.55. The maximum absolute atomic E-state index is 12.7. The number of hydrogen-bond donors (Lipinski definition) is 2. The number of aryl methyl sites for hydroxylation is 1. The zero-order valence-electron chi connectivity index (χ0n) is 12.5. The Kier molecular flexibility index (Phi) is 4.44. The smallest absolute Gasteiger partial charge is 0.333 e. The molecule has 118 valence electrons. The molecular weight excluding hydrogens is 292 g/mol. The second-order valence-corrected chi connectivity index (χ2v) is 5.27. The predicted octanol–water partition coefficient (Wildman–Crippen LogP) is 3.67. The second-order valence-electron chi connectivity index (χ2n) is 5.27. The summed E-state index contributed by atoms with van der Waals surface area (Å²) in [6, 6.07) is 4.41.